The molecule has 6 nitrogen and oxygen atoms in total. The van der Waals surface area contributed by atoms with Crippen LogP contribution >= 0.6 is 0 Å². The van der Waals surface area contributed by atoms with E-state index in [1.165, 1.54) is 0 Å². The van der Waals surface area contributed by atoms with Gasteiger partial charge in [-0.1, -0.05) is 43.7 Å². The summed E-state index contributed by atoms with van der Waals surface area (Å²) < 4.78 is 15.6. The van der Waals surface area contributed by atoms with Gasteiger partial charge >= 0.3 is 17.9 Å². The second-order valence-electron chi connectivity index (χ2n) is 6.89. The van der Waals surface area contributed by atoms with Crippen molar-refractivity contribution in [3.63, 3.8) is 0 Å². The lowest BCUT2D eigenvalue weighted by Gasteiger charge is -2.11. The minimum absolute atomic E-state index is 0.296. The van der Waals surface area contributed by atoms with Crippen LogP contribution in [0.2, 0.25) is 0 Å². The third-order valence-corrected chi connectivity index (χ3v) is 4.50. The van der Waals surface area contributed by atoms with Crippen LogP contribution in [0.5, 0.6) is 17.2 Å². The van der Waals surface area contributed by atoms with E-state index < -0.39 is 17.9 Å². The number of carbonyl (C=O) groups is 3. The van der Waals surface area contributed by atoms with E-state index in [0.29, 0.717) is 33.9 Å². The predicted octanol–water partition coefficient (Wildman–Crippen LogP) is 5.03. The lowest BCUT2D eigenvalue weighted by Crippen LogP contribution is -2.05. The molecule has 0 aliphatic heterocycles. The Morgan fingerprint density at radius 3 is 1.60 bits per heavy atom. The van der Waals surface area contributed by atoms with Crippen molar-refractivity contribution < 1.29 is 28.6 Å². The Morgan fingerprint density at radius 1 is 0.600 bits per heavy atom. The molecule has 172 valence electrons. The first-order valence-corrected chi connectivity index (χ1v) is 10.3. The number of carbonyl (C=O) groups excluding carboxylic acids is 3. The molecule has 0 fully saturated rings. The number of benzene rings is 3. The number of hydrogen-bond acceptors (Lipinski definition) is 6. The molecule has 0 bridgehead atoms. The maximum absolute atomic E-state index is 11.9. The van der Waals surface area contributed by atoms with Gasteiger partial charge < -0.3 is 14.2 Å². The average molecular weight is 464 g/mol. The van der Waals surface area contributed by atoms with E-state index in [1.54, 1.807) is 66.7 Å². The number of rotatable bonds is 7. The standard InChI is InChI=1S/C29H20O6/c1-4-27(30)33-23-14-9-20(10-15-23)7-8-21-11-18-25(26(19-21)35-29(32)6-3)22-12-16-24(17-13-22)34-28(31)5-2/h4-6,9-19H,1-3H2. The molecule has 0 spiro atoms. The molecule has 0 radical (unpaired) electrons. The highest BCUT2D eigenvalue weighted by Crippen LogP contribution is 2.32. The van der Waals surface area contributed by atoms with Crippen LogP contribution in [0.15, 0.2) is 105 Å². The highest BCUT2D eigenvalue weighted by molar-refractivity contribution is 5.86. The summed E-state index contributed by atoms with van der Waals surface area (Å²) in [5.74, 6) is 5.35. The van der Waals surface area contributed by atoms with Crippen LogP contribution in [0.1, 0.15) is 11.1 Å². The summed E-state index contributed by atoms with van der Waals surface area (Å²) in [6.45, 7) is 10.2. The summed E-state index contributed by atoms with van der Waals surface area (Å²) in [5.41, 5.74) is 2.68. The van der Waals surface area contributed by atoms with Crippen molar-refractivity contribution in [2.45, 2.75) is 0 Å². The molecule has 3 rings (SSSR count). The molecule has 0 amide bonds. The second kappa shape index (κ2) is 11.6. The zero-order chi connectivity index (χ0) is 25.2. The fourth-order valence-corrected chi connectivity index (χ4v) is 2.84. The Bertz CT molecular complexity index is 1350. The van der Waals surface area contributed by atoms with Gasteiger partial charge in [0.15, 0.2) is 0 Å². The molecule has 6 heteroatoms. The Morgan fingerprint density at radius 2 is 1.06 bits per heavy atom. The lowest BCUT2D eigenvalue weighted by molar-refractivity contribution is -0.129. The Hall–Kier alpha value is -5.15. The number of ether oxygens (including phenoxy) is 3. The van der Waals surface area contributed by atoms with Crippen molar-refractivity contribution in [3.05, 3.63) is 116 Å². The van der Waals surface area contributed by atoms with Gasteiger partial charge in [0.05, 0.1) is 0 Å². The maximum atomic E-state index is 11.9. The minimum Gasteiger partial charge on any atom is -0.423 e. The van der Waals surface area contributed by atoms with Crippen LogP contribution in [0.4, 0.5) is 0 Å². The van der Waals surface area contributed by atoms with Crippen molar-refractivity contribution in [1.82, 2.24) is 0 Å². The molecule has 3 aromatic rings. The molecule has 35 heavy (non-hydrogen) atoms. The van der Waals surface area contributed by atoms with E-state index in [2.05, 4.69) is 31.6 Å². The molecule has 0 heterocycles. The molecular weight excluding hydrogens is 444 g/mol. The van der Waals surface area contributed by atoms with E-state index in [-0.39, 0.29) is 0 Å². The monoisotopic (exact) mass is 464 g/mol. The zero-order valence-corrected chi connectivity index (χ0v) is 18.7. The van der Waals surface area contributed by atoms with Gasteiger partial charge in [-0.2, -0.15) is 0 Å². The van der Waals surface area contributed by atoms with Crippen LogP contribution in [-0.4, -0.2) is 17.9 Å². The molecule has 0 unspecified atom stereocenters. The maximum Gasteiger partial charge on any atom is 0.335 e. The van der Waals surface area contributed by atoms with Crippen molar-refractivity contribution in [3.8, 4) is 40.2 Å². The van der Waals surface area contributed by atoms with Crippen molar-refractivity contribution in [2.75, 3.05) is 0 Å². The topological polar surface area (TPSA) is 78.9 Å². The Labute approximate surface area is 202 Å². The Kier molecular flexibility index (Phi) is 8.14. The first kappa shape index (κ1) is 24.5. The van der Waals surface area contributed by atoms with Crippen LogP contribution in [0, 0.1) is 11.8 Å². The van der Waals surface area contributed by atoms with E-state index in [1.807, 2.05) is 0 Å². The van der Waals surface area contributed by atoms with Gasteiger partial charge in [0, 0.05) is 34.9 Å². The van der Waals surface area contributed by atoms with Crippen molar-refractivity contribution >= 4 is 17.9 Å². The summed E-state index contributed by atoms with van der Waals surface area (Å²) in [7, 11) is 0. The molecule has 0 aromatic heterocycles. The molecule has 0 atom stereocenters. The third kappa shape index (κ3) is 6.91. The van der Waals surface area contributed by atoms with Gasteiger partial charge in [0.1, 0.15) is 17.2 Å². The molecule has 3 aromatic carbocycles. The lowest BCUT2D eigenvalue weighted by atomic mass is 10.0. The fourth-order valence-electron chi connectivity index (χ4n) is 2.84. The number of hydrogen-bond donors (Lipinski definition) is 0. The van der Waals surface area contributed by atoms with Crippen molar-refractivity contribution in [1.29, 1.82) is 0 Å². The normalized spacial score (nSPS) is 9.60. The van der Waals surface area contributed by atoms with Crippen molar-refractivity contribution in [2.24, 2.45) is 0 Å². The predicted molar refractivity (Wildman–Crippen MR) is 132 cm³/mol. The average Bonchev–Trinajstić information content (AvgIpc) is 2.88. The molecule has 0 saturated carbocycles. The summed E-state index contributed by atoms with van der Waals surface area (Å²) in [5, 5.41) is 0. The number of esters is 3. The molecule has 0 N–H and O–H groups in total. The van der Waals surface area contributed by atoms with Crippen LogP contribution in [0.25, 0.3) is 11.1 Å². The van der Waals surface area contributed by atoms with Crippen LogP contribution in [0.3, 0.4) is 0 Å². The first-order chi connectivity index (χ1) is 16.9. The van der Waals surface area contributed by atoms with E-state index in [9.17, 15) is 14.4 Å². The summed E-state index contributed by atoms with van der Waals surface area (Å²) in [4.78, 5) is 34.6. The highest BCUT2D eigenvalue weighted by atomic mass is 16.5. The fraction of sp³-hybridized carbons (Fsp3) is 0. The SMILES string of the molecule is C=CC(=O)Oc1ccc(C#Cc2ccc(-c3ccc(OC(=O)C=C)cc3)c(OC(=O)C=C)c2)cc1. The summed E-state index contributed by atoms with van der Waals surface area (Å²) >= 11 is 0. The largest absolute Gasteiger partial charge is 0.423 e. The zero-order valence-electron chi connectivity index (χ0n) is 18.7. The van der Waals surface area contributed by atoms with E-state index in [4.69, 9.17) is 14.2 Å². The molecule has 0 saturated heterocycles. The van der Waals surface area contributed by atoms with Crippen LogP contribution < -0.4 is 14.2 Å². The molecule has 0 aliphatic carbocycles. The Balaban J connectivity index is 1.87. The summed E-state index contributed by atoms with van der Waals surface area (Å²) in [6.07, 6.45) is 3.23. The minimum atomic E-state index is -0.613. The van der Waals surface area contributed by atoms with Gasteiger partial charge in [-0.15, -0.1) is 0 Å². The quantitative estimate of drug-likeness (QED) is 0.211. The van der Waals surface area contributed by atoms with Gasteiger partial charge in [-0.05, 0) is 60.2 Å². The van der Waals surface area contributed by atoms with E-state index in [0.717, 1.165) is 23.8 Å². The molecule has 0 aliphatic rings. The molecular formula is C29H20O6. The summed E-state index contributed by atoms with van der Waals surface area (Å²) in [6, 6.07) is 18.6. The van der Waals surface area contributed by atoms with Crippen LogP contribution in [-0.2, 0) is 14.4 Å². The second-order valence-corrected chi connectivity index (χ2v) is 6.89. The van der Waals surface area contributed by atoms with Gasteiger partial charge in [-0.3, -0.25) is 0 Å². The first-order valence-electron chi connectivity index (χ1n) is 10.3. The third-order valence-electron chi connectivity index (χ3n) is 4.50. The smallest absolute Gasteiger partial charge is 0.335 e. The highest BCUT2D eigenvalue weighted by Gasteiger charge is 2.11. The van der Waals surface area contributed by atoms with Gasteiger partial charge in [0.2, 0.25) is 0 Å². The van der Waals surface area contributed by atoms with Gasteiger partial charge in [-0.25, -0.2) is 14.4 Å². The van der Waals surface area contributed by atoms with E-state index >= 15 is 0 Å². The van der Waals surface area contributed by atoms with Gasteiger partial charge in [0.25, 0.3) is 0 Å².